The first-order valence-electron chi connectivity index (χ1n) is 5.80. The van der Waals surface area contributed by atoms with E-state index in [4.69, 9.17) is 5.73 Å². The van der Waals surface area contributed by atoms with Crippen LogP contribution in [0.15, 0.2) is 12.3 Å². The summed E-state index contributed by atoms with van der Waals surface area (Å²) in [5.74, 6) is 0.398. The normalized spacial score (nSPS) is 8.67. The summed E-state index contributed by atoms with van der Waals surface area (Å²) < 4.78 is 8.78. The number of ether oxygens (including phenoxy) is 2. The van der Waals surface area contributed by atoms with Gasteiger partial charge in [0, 0.05) is 6.07 Å². The Morgan fingerprint density at radius 2 is 1.67 bits per heavy atom. The van der Waals surface area contributed by atoms with Crippen molar-refractivity contribution in [1.29, 1.82) is 0 Å². The lowest BCUT2D eigenvalue weighted by Crippen LogP contribution is -2.42. The number of nitrogens with two attached hydrogens (primary N) is 1. The molecule has 1 aromatic rings. The Bertz CT molecular complexity index is 433. The van der Waals surface area contributed by atoms with Gasteiger partial charge in [0.05, 0.1) is 19.4 Å². The number of aromatic nitrogens is 3. The van der Waals surface area contributed by atoms with E-state index in [2.05, 4.69) is 24.9 Å². The van der Waals surface area contributed by atoms with Gasteiger partial charge in [-0.25, -0.2) is 25.0 Å². The maximum atomic E-state index is 10.8. The largest absolute Gasteiger partial charge is 0.450 e. The molecule has 0 aliphatic heterocycles. The lowest BCUT2D eigenvalue weighted by atomic mass is 10.6. The summed E-state index contributed by atoms with van der Waals surface area (Å²) in [6.07, 6.45) is -0.355. The Kier molecular flexibility index (Phi) is 9.35. The number of rotatable bonds is 2. The molecule has 0 unspecified atom stereocenters. The van der Waals surface area contributed by atoms with Gasteiger partial charge in [0.15, 0.2) is 0 Å². The van der Waals surface area contributed by atoms with Gasteiger partial charge in [-0.3, -0.25) is 0 Å². The lowest BCUT2D eigenvalue weighted by Gasteiger charge is -2.04. The highest BCUT2D eigenvalue weighted by Crippen LogP contribution is 1.83. The van der Waals surface area contributed by atoms with Gasteiger partial charge in [0.25, 0.3) is 0 Å². The van der Waals surface area contributed by atoms with Crippen LogP contribution in [0, 0.1) is 0 Å². The number of hydrogen-bond acceptors (Lipinski definition) is 9. The van der Waals surface area contributed by atoms with Crippen LogP contribution in [0.1, 0.15) is 13.8 Å². The molecule has 0 aliphatic rings. The molecular formula is C10H16N6O5. The van der Waals surface area contributed by atoms with Crippen molar-refractivity contribution in [1.82, 2.24) is 26.0 Å². The summed E-state index contributed by atoms with van der Waals surface area (Å²) in [6.45, 7) is 3.45. The zero-order chi connectivity index (χ0) is 16.1. The highest BCUT2D eigenvalue weighted by atomic mass is 16.6. The molecule has 1 heterocycles. The fourth-order valence-corrected chi connectivity index (χ4v) is 0.801. The summed E-state index contributed by atoms with van der Waals surface area (Å²) in [7, 11) is 0. The van der Waals surface area contributed by atoms with E-state index < -0.39 is 18.2 Å². The number of hydrogen-bond donors (Lipinski definition) is 3. The Balaban J connectivity index is 0.000000471. The van der Waals surface area contributed by atoms with Crippen molar-refractivity contribution in [3.8, 4) is 0 Å². The second kappa shape index (κ2) is 10.9. The minimum Gasteiger partial charge on any atom is -0.450 e. The molecule has 0 radical (unpaired) electrons. The summed E-state index contributed by atoms with van der Waals surface area (Å²) in [6, 6.07) is 0.592. The van der Waals surface area contributed by atoms with Gasteiger partial charge in [0.1, 0.15) is 5.82 Å². The van der Waals surface area contributed by atoms with Gasteiger partial charge < -0.3 is 15.2 Å². The van der Waals surface area contributed by atoms with E-state index in [9.17, 15) is 14.4 Å². The van der Waals surface area contributed by atoms with Crippen LogP contribution in [0.3, 0.4) is 0 Å². The molecule has 4 amide bonds. The molecule has 0 aliphatic carbocycles. The van der Waals surface area contributed by atoms with Crippen LogP contribution < -0.4 is 16.4 Å². The molecule has 0 atom stereocenters. The fourth-order valence-electron chi connectivity index (χ4n) is 0.801. The Labute approximate surface area is 120 Å². The molecule has 4 N–H and O–H groups in total. The van der Waals surface area contributed by atoms with Crippen molar-refractivity contribution in [2.24, 2.45) is 0 Å². The minimum atomic E-state index is -0.984. The van der Waals surface area contributed by atoms with Crippen molar-refractivity contribution in [3.05, 3.63) is 12.3 Å². The van der Waals surface area contributed by atoms with E-state index >= 15 is 0 Å². The highest BCUT2D eigenvalue weighted by Gasteiger charge is 2.11. The number of alkyl carbamates (subject to hydrolysis) is 2. The number of nitrogens with one attached hydrogen (secondary N) is 2. The number of imide groups is 2. The van der Waals surface area contributed by atoms with Gasteiger partial charge >= 0.3 is 18.2 Å². The molecule has 116 valence electrons. The third-order valence-electron chi connectivity index (χ3n) is 1.51. The molecule has 0 bridgehead atoms. The predicted octanol–water partition coefficient (Wildman–Crippen LogP) is 0.0524. The smallest absolute Gasteiger partial charge is 0.415 e. The van der Waals surface area contributed by atoms with Crippen molar-refractivity contribution in [3.63, 3.8) is 0 Å². The van der Waals surface area contributed by atoms with Gasteiger partial charge in [0.2, 0.25) is 0 Å². The first kappa shape index (κ1) is 18.0. The third-order valence-corrected chi connectivity index (χ3v) is 1.51. The summed E-state index contributed by atoms with van der Waals surface area (Å²) in [5, 5.41) is 13.6. The van der Waals surface area contributed by atoms with E-state index in [0.717, 1.165) is 0 Å². The number of carbonyl (C=O) groups is 3. The van der Waals surface area contributed by atoms with Gasteiger partial charge in [-0.05, 0) is 19.1 Å². The average Bonchev–Trinajstić information content (AvgIpc) is 2.40. The van der Waals surface area contributed by atoms with E-state index in [1.54, 1.807) is 30.5 Å². The second-order valence-corrected chi connectivity index (χ2v) is 3.07. The number of amides is 4. The first-order valence-corrected chi connectivity index (χ1v) is 5.80. The van der Waals surface area contributed by atoms with Crippen LogP contribution in [0.5, 0.6) is 0 Å². The van der Waals surface area contributed by atoms with Gasteiger partial charge in [-0.1, -0.05) is 0 Å². The molecule has 1 aromatic heterocycles. The van der Waals surface area contributed by atoms with Crippen LogP contribution in [0.4, 0.5) is 20.2 Å². The molecule has 0 saturated heterocycles. The molecule has 0 aromatic carbocycles. The number of nitrogens with zero attached hydrogens (tertiary/aromatic N) is 3. The SMILES string of the molecule is CCOC(=O)NC(=O)NC(=O)OCC.Nc1ccnnn1. The van der Waals surface area contributed by atoms with Crippen LogP contribution in [0.25, 0.3) is 0 Å². The Morgan fingerprint density at radius 1 is 1.14 bits per heavy atom. The predicted molar refractivity (Wildman–Crippen MR) is 70.0 cm³/mol. The summed E-state index contributed by atoms with van der Waals surface area (Å²) in [5.41, 5.74) is 5.14. The standard InChI is InChI=1S/C7H12N2O5.C3H4N4/c1-3-13-6(11)8-5(10)9-7(12)14-4-2;4-3-1-2-5-7-6-3/h3-4H2,1-2H3,(H2,8,9,10,11,12);1-2H,(H2,4,5,6). The molecule has 1 rings (SSSR count). The topological polar surface area (TPSA) is 158 Å². The molecule has 21 heavy (non-hydrogen) atoms. The Hall–Kier alpha value is -2.98. The highest BCUT2D eigenvalue weighted by molar-refractivity contribution is 5.98. The quantitative estimate of drug-likeness (QED) is 0.685. The summed E-state index contributed by atoms with van der Waals surface area (Å²) >= 11 is 0. The van der Waals surface area contributed by atoms with Crippen molar-refractivity contribution < 1.29 is 23.9 Å². The molecule has 11 nitrogen and oxygen atoms in total. The van der Waals surface area contributed by atoms with E-state index in [0.29, 0.717) is 5.82 Å². The molecule has 0 spiro atoms. The van der Waals surface area contributed by atoms with Gasteiger partial charge in [-0.2, -0.15) is 0 Å². The molecular weight excluding hydrogens is 284 g/mol. The monoisotopic (exact) mass is 300 g/mol. The zero-order valence-electron chi connectivity index (χ0n) is 11.5. The van der Waals surface area contributed by atoms with E-state index in [-0.39, 0.29) is 13.2 Å². The average molecular weight is 300 g/mol. The minimum absolute atomic E-state index is 0.137. The number of anilines is 1. The van der Waals surface area contributed by atoms with Gasteiger partial charge in [-0.15, -0.1) is 10.2 Å². The second-order valence-electron chi connectivity index (χ2n) is 3.07. The third kappa shape index (κ3) is 10.6. The molecule has 0 saturated carbocycles. The van der Waals surface area contributed by atoms with E-state index in [1.165, 1.54) is 6.20 Å². The van der Waals surface area contributed by atoms with Crippen molar-refractivity contribution >= 4 is 24.0 Å². The lowest BCUT2D eigenvalue weighted by molar-refractivity contribution is 0.146. The summed E-state index contributed by atoms with van der Waals surface area (Å²) in [4.78, 5) is 32.1. The Morgan fingerprint density at radius 3 is 1.95 bits per heavy atom. The van der Waals surface area contributed by atoms with Crippen LogP contribution in [-0.2, 0) is 9.47 Å². The number of urea groups is 1. The number of carbonyl (C=O) groups excluding carboxylic acids is 3. The molecule has 0 fully saturated rings. The van der Waals surface area contributed by atoms with Crippen molar-refractivity contribution in [2.75, 3.05) is 18.9 Å². The van der Waals surface area contributed by atoms with Crippen LogP contribution >= 0.6 is 0 Å². The first-order chi connectivity index (χ1) is 9.99. The fraction of sp³-hybridized carbons (Fsp3) is 0.400. The van der Waals surface area contributed by atoms with Crippen molar-refractivity contribution in [2.45, 2.75) is 13.8 Å². The van der Waals surface area contributed by atoms with E-state index in [1.807, 2.05) is 0 Å². The zero-order valence-corrected chi connectivity index (χ0v) is 11.5. The van der Waals surface area contributed by atoms with Crippen LogP contribution in [-0.4, -0.2) is 46.8 Å². The van der Waals surface area contributed by atoms with Crippen LogP contribution in [0.2, 0.25) is 0 Å². The maximum absolute atomic E-state index is 10.8. The maximum Gasteiger partial charge on any atom is 0.415 e. The number of nitrogen functional groups attached to an aromatic ring is 1. The molecule has 11 heteroatoms.